The number of carbonyl (C=O) groups is 1. The molecule has 26 heavy (non-hydrogen) atoms. The van der Waals surface area contributed by atoms with E-state index in [1.807, 2.05) is 36.4 Å². The van der Waals surface area contributed by atoms with Gasteiger partial charge in [-0.3, -0.25) is 0 Å². The van der Waals surface area contributed by atoms with E-state index in [9.17, 15) is 9.90 Å². The van der Waals surface area contributed by atoms with Gasteiger partial charge in [-0.25, -0.2) is 0 Å². The summed E-state index contributed by atoms with van der Waals surface area (Å²) in [6, 6.07) is 16.9. The summed E-state index contributed by atoms with van der Waals surface area (Å²) in [7, 11) is 0. The average molecular weight is 367 g/mol. The predicted octanol–water partition coefficient (Wildman–Crippen LogP) is 2.84. The highest BCUT2D eigenvalue weighted by Crippen LogP contribution is 2.29. The van der Waals surface area contributed by atoms with E-state index < -0.39 is 5.97 Å². The molecule has 1 aromatic heterocycles. The fraction of sp³-hybridized carbons (Fsp3) is 0.105. The number of rotatable bonds is 7. The number of aromatic nitrogens is 2. The van der Waals surface area contributed by atoms with Crippen molar-refractivity contribution < 1.29 is 19.1 Å². The third-order valence-corrected chi connectivity index (χ3v) is 4.19. The van der Waals surface area contributed by atoms with Crippen molar-refractivity contribution >= 4 is 23.8 Å². The Morgan fingerprint density at radius 1 is 1.15 bits per heavy atom. The lowest BCUT2D eigenvalue weighted by Crippen LogP contribution is -2.23. The maximum absolute atomic E-state index is 11.5. The molecule has 0 spiro atoms. The zero-order chi connectivity index (χ0) is 18.4. The van der Waals surface area contributed by atoms with Crippen LogP contribution in [-0.4, -0.2) is 16.2 Å². The van der Waals surface area contributed by atoms with E-state index in [0.29, 0.717) is 23.8 Å². The fourth-order valence-corrected chi connectivity index (χ4v) is 2.85. The molecule has 0 saturated heterocycles. The summed E-state index contributed by atoms with van der Waals surface area (Å²) in [6.45, 7) is 2.01. The highest BCUT2D eigenvalue weighted by atomic mass is 32.2. The molecule has 0 fully saturated rings. The zero-order valence-electron chi connectivity index (χ0n) is 13.9. The largest absolute Gasteiger partial charge is 0.544 e. The van der Waals surface area contributed by atoms with Crippen LogP contribution >= 0.6 is 11.8 Å². The number of benzene rings is 2. The molecule has 0 aliphatic heterocycles. The van der Waals surface area contributed by atoms with Gasteiger partial charge in [-0.15, -0.1) is 10.2 Å². The number of carboxylic acids is 1. The number of para-hydroxylation sites is 1. The molecule has 0 atom stereocenters. The maximum Gasteiger partial charge on any atom is 0.281 e. The molecule has 2 aromatic carbocycles. The summed E-state index contributed by atoms with van der Waals surface area (Å²) in [5, 5.41) is 19.1. The normalized spacial score (nSPS) is 11.3. The van der Waals surface area contributed by atoms with Gasteiger partial charge in [-0.1, -0.05) is 48.5 Å². The highest BCUT2D eigenvalue weighted by molar-refractivity contribution is 8.03. The van der Waals surface area contributed by atoms with E-state index in [-0.39, 0.29) is 10.1 Å². The lowest BCUT2D eigenvalue weighted by molar-refractivity contribution is -0.298. The van der Waals surface area contributed by atoms with Gasteiger partial charge in [0.25, 0.3) is 5.22 Å². The van der Waals surface area contributed by atoms with Crippen molar-refractivity contribution in [3.8, 4) is 5.75 Å². The van der Waals surface area contributed by atoms with E-state index >= 15 is 0 Å². The molecule has 0 unspecified atom stereocenters. The van der Waals surface area contributed by atoms with Gasteiger partial charge in [0.05, 0.1) is 5.97 Å². The van der Waals surface area contributed by atoms with Gasteiger partial charge in [-0.05, 0) is 29.5 Å². The minimum absolute atomic E-state index is 0.0515. The van der Waals surface area contributed by atoms with Crippen LogP contribution < -0.4 is 9.84 Å². The average Bonchev–Trinajstić information content (AvgIpc) is 3.06. The van der Waals surface area contributed by atoms with Crippen molar-refractivity contribution in [3.05, 3.63) is 76.5 Å². The first-order valence-electron chi connectivity index (χ1n) is 7.78. The van der Waals surface area contributed by atoms with E-state index in [0.717, 1.165) is 17.3 Å². The number of carboxylic acid groups (broad SMARTS) is 1. The van der Waals surface area contributed by atoms with Crippen LogP contribution in [0.15, 0.2) is 69.1 Å². The number of hydrogen-bond acceptors (Lipinski definition) is 7. The topological polar surface area (TPSA) is 88.3 Å². The lowest BCUT2D eigenvalue weighted by Gasteiger charge is -2.11. The molecular weight excluding hydrogens is 352 g/mol. The van der Waals surface area contributed by atoms with Crippen molar-refractivity contribution in [2.24, 2.45) is 0 Å². The molecule has 0 saturated carbocycles. The van der Waals surface area contributed by atoms with Gasteiger partial charge in [-0.2, -0.15) is 0 Å². The second-order valence-electron chi connectivity index (χ2n) is 5.30. The first-order chi connectivity index (χ1) is 12.6. The Kier molecular flexibility index (Phi) is 5.70. The SMILES string of the molecule is Cc1nnc(S/C(=C/c2ccccc2OCc2ccccc2)C(=O)[O-])o1. The summed E-state index contributed by atoms with van der Waals surface area (Å²) in [5.41, 5.74) is 1.63. The van der Waals surface area contributed by atoms with Crippen molar-refractivity contribution in [3.63, 3.8) is 0 Å². The molecule has 0 aliphatic rings. The minimum Gasteiger partial charge on any atom is -0.544 e. The van der Waals surface area contributed by atoms with Gasteiger partial charge in [0.1, 0.15) is 12.4 Å². The molecule has 3 rings (SSSR count). The van der Waals surface area contributed by atoms with Crippen LogP contribution in [0.5, 0.6) is 5.75 Å². The second-order valence-corrected chi connectivity index (χ2v) is 6.29. The summed E-state index contributed by atoms with van der Waals surface area (Å²) in [6.07, 6.45) is 1.47. The molecule has 7 heteroatoms. The molecule has 6 nitrogen and oxygen atoms in total. The summed E-state index contributed by atoms with van der Waals surface area (Å²) in [4.78, 5) is 11.4. The van der Waals surface area contributed by atoms with Crippen LogP contribution in [0, 0.1) is 6.92 Å². The van der Waals surface area contributed by atoms with Crippen molar-refractivity contribution in [2.45, 2.75) is 18.8 Å². The van der Waals surface area contributed by atoms with Crippen LogP contribution in [0.1, 0.15) is 17.0 Å². The standard InChI is InChI=1S/C19H16N2O4S/c1-13-20-21-19(25-13)26-17(18(22)23)11-15-9-5-6-10-16(15)24-12-14-7-3-2-4-8-14/h2-11H,12H2,1H3,(H,22,23)/p-1/b17-11+. The third-order valence-electron chi connectivity index (χ3n) is 3.35. The number of carbonyl (C=O) groups excluding carboxylic acids is 1. The first-order valence-corrected chi connectivity index (χ1v) is 8.60. The maximum atomic E-state index is 11.5. The summed E-state index contributed by atoms with van der Waals surface area (Å²) >= 11 is 0.839. The highest BCUT2D eigenvalue weighted by Gasteiger charge is 2.10. The smallest absolute Gasteiger partial charge is 0.281 e. The van der Waals surface area contributed by atoms with Crippen LogP contribution in [0.25, 0.3) is 6.08 Å². The minimum atomic E-state index is -1.33. The Hall–Kier alpha value is -3.06. The van der Waals surface area contributed by atoms with E-state index in [1.165, 1.54) is 6.08 Å². The van der Waals surface area contributed by atoms with E-state index in [2.05, 4.69) is 10.2 Å². The van der Waals surface area contributed by atoms with Crippen molar-refractivity contribution in [1.82, 2.24) is 10.2 Å². The lowest BCUT2D eigenvalue weighted by atomic mass is 10.2. The number of ether oxygens (including phenoxy) is 1. The van der Waals surface area contributed by atoms with Crippen molar-refractivity contribution in [1.29, 1.82) is 0 Å². The quantitative estimate of drug-likeness (QED) is 0.469. The second kappa shape index (κ2) is 8.35. The van der Waals surface area contributed by atoms with Gasteiger partial charge in [0.2, 0.25) is 5.89 Å². The van der Waals surface area contributed by atoms with Crippen LogP contribution in [0.4, 0.5) is 0 Å². The van der Waals surface area contributed by atoms with Gasteiger partial charge in [0, 0.05) is 17.4 Å². The fourth-order valence-electron chi connectivity index (χ4n) is 2.15. The number of nitrogens with zero attached hydrogens (tertiary/aromatic N) is 2. The number of aliphatic carboxylic acids is 1. The molecular formula is C19H15N2O4S-. The number of aryl methyl sites for hydroxylation is 1. The molecule has 0 N–H and O–H groups in total. The molecule has 1 heterocycles. The Morgan fingerprint density at radius 2 is 1.88 bits per heavy atom. The summed E-state index contributed by atoms with van der Waals surface area (Å²) < 4.78 is 11.1. The molecule has 0 radical (unpaired) electrons. The van der Waals surface area contributed by atoms with E-state index in [1.54, 1.807) is 25.1 Å². The molecule has 0 amide bonds. The Labute approximate surface area is 154 Å². The molecule has 3 aromatic rings. The number of hydrogen-bond donors (Lipinski definition) is 0. The first kappa shape index (κ1) is 17.8. The summed E-state index contributed by atoms with van der Waals surface area (Å²) in [5.74, 6) is -0.405. The van der Waals surface area contributed by atoms with E-state index in [4.69, 9.17) is 9.15 Å². The van der Waals surface area contributed by atoms with Crippen LogP contribution in [0.3, 0.4) is 0 Å². The Morgan fingerprint density at radius 3 is 2.58 bits per heavy atom. The number of thioether (sulfide) groups is 1. The monoisotopic (exact) mass is 367 g/mol. The molecule has 132 valence electrons. The molecule has 0 aliphatic carbocycles. The molecule has 0 bridgehead atoms. The predicted molar refractivity (Wildman–Crippen MR) is 95.1 cm³/mol. The Balaban J connectivity index is 1.82. The van der Waals surface area contributed by atoms with Crippen molar-refractivity contribution in [2.75, 3.05) is 0 Å². The van der Waals surface area contributed by atoms with Gasteiger partial charge < -0.3 is 19.1 Å². The Bertz CT molecular complexity index is 922. The van der Waals surface area contributed by atoms with Gasteiger partial charge >= 0.3 is 0 Å². The third kappa shape index (κ3) is 4.73. The van der Waals surface area contributed by atoms with Crippen LogP contribution in [-0.2, 0) is 11.4 Å². The van der Waals surface area contributed by atoms with Gasteiger partial charge in [0.15, 0.2) is 0 Å². The van der Waals surface area contributed by atoms with Crippen LogP contribution in [0.2, 0.25) is 0 Å². The zero-order valence-corrected chi connectivity index (χ0v) is 14.7.